The summed E-state index contributed by atoms with van der Waals surface area (Å²) in [7, 11) is 1.77. The summed E-state index contributed by atoms with van der Waals surface area (Å²) in [5, 5.41) is 21.4. The minimum atomic E-state index is -0.982. The van der Waals surface area contributed by atoms with Gasteiger partial charge in [0.25, 0.3) is 0 Å². The average Bonchev–Trinajstić information content (AvgIpc) is 2.84. The highest BCUT2D eigenvalue weighted by Gasteiger charge is 2.52. The van der Waals surface area contributed by atoms with Gasteiger partial charge in [0.05, 0.1) is 12.8 Å². The Balaban J connectivity index is 1.59. The molecule has 4 saturated carbocycles. The molecule has 0 aromatic heterocycles. The molecule has 4 aliphatic carbocycles. The van der Waals surface area contributed by atoms with Crippen molar-refractivity contribution in [1.82, 2.24) is 0 Å². The Morgan fingerprint density at radius 2 is 1.69 bits per heavy atom. The number of aliphatic carboxylic acids is 1. The van der Waals surface area contributed by atoms with E-state index in [2.05, 4.69) is 23.4 Å². The lowest BCUT2D eigenvalue weighted by molar-refractivity contribution is -0.131. The molecule has 4 aliphatic rings. The largest absolute Gasteiger partial charge is 0.496 e. The van der Waals surface area contributed by atoms with Crippen LogP contribution in [0.25, 0.3) is 23.3 Å². The van der Waals surface area contributed by atoms with Crippen LogP contribution in [0.3, 0.4) is 0 Å². The maximum atomic E-state index is 11.0. The molecular weight excluding hydrogens is 438 g/mol. The van der Waals surface area contributed by atoms with E-state index >= 15 is 0 Å². The van der Waals surface area contributed by atoms with Gasteiger partial charge in [0.15, 0.2) is 0 Å². The van der Waals surface area contributed by atoms with Crippen molar-refractivity contribution < 1.29 is 19.8 Å². The summed E-state index contributed by atoms with van der Waals surface area (Å²) in [4.78, 5) is 11.0. The summed E-state index contributed by atoms with van der Waals surface area (Å²) in [6, 6.07) is 12.5. The van der Waals surface area contributed by atoms with Gasteiger partial charge in [-0.25, -0.2) is 4.79 Å². The van der Waals surface area contributed by atoms with Crippen LogP contribution in [-0.2, 0) is 10.2 Å². The molecule has 0 aliphatic heterocycles. The second kappa shape index (κ2) is 9.37. The Kier molecular flexibility index (Phi) is 6.26. The Hall–Kier alpha value is -3.34. The zero-order valence-electron chi connectivity index (χ0n) is 20.4. The molecule has 5 heteroatoms. The zero-order valence-corrected chi connectivity index (χ0v) is 20.4. The van der Waals surface area contributed by atoms with Crippen LogP contribution in [-0.4, -0.2) is 29.1 Å². The van der Waals surface area contributed by atoms with Crippen LogP contribution in [0.5, 0.6) is 5.75 Å². The molecule has 4 bridgehead atoms. The number of carboxylic acid groups (broad SMARTS) is 1. The monoisotopic (exact) mass is 471 g/mol. The summed E-state index contributed by atoms with van der Waals surface area (Å²) in [5.41, 5.74) is 5.93. The first-order valence-corrected chi connectivity index (χ1v) is 12.5. The van der Waals surface area contributed by atoms with Crippen LogP contribution in [0.2, 0.25) is 0 Å². The summed E-state index contributed by atoms with van der Waals surface area (Å²) in [5.74, 6) is 2.53. The summed E-state index contributed by atoms with van der Waals surface area (Å²) < 4.78 is 5.90. The van der Waals surface area contributed by atoms with Crippen molar-refractivity contribution in [3.8, 4) is 16.9 Å². The van der Waals surface area contributed by atoms with Crippen molar-refractivity contribution in [3.05, 3.63) is 65.2 Å². The number of methoxy groups -OCH3 is 1. The molecule has 182 valence electrons. The number of hydrogen-bond acceptors (Lipinski definition) is 4. The van der Waals surface area contributed by atoms with Crippen molar-refractivity contribution in [2.24, 2.45) is 22.9 Å². The fourth-order valence-electron chi connectivity index (χ4n) is 7.23. The first-order chi connectivity index (χ1) is 16.9. The number of hydrogen-bond donors (Lipinski definition) is 2. The normalized spacial score (nSPS) is 27.7. The Labute approximate surface area is 206 Å². The molecular formula is C30H33NO4. The molecule has 2 aromatic rings. The van der Waals surface area contributed by atoms with E-state index in [4.69, 9.17) is 15.1 Å². The van der Waals surface area contributed by atoms with E-state index in [0.717, 1.165) is 51.8 Å². The summed E-state index contributed by atoms with van der Waals surface area (Å²) >= 11 is 0. The van der Waals surface area contributed by atoms with Crippen LogP contribution < -0.4 is 4.74 Å². The number of rotatable bonds is 7. The van der Waals surface area contributed by atoms with Gasteiger partial charge < -0.3 is 15.1 Å². The number of benzene rings is 2. The SMILES string of the molecule is COc1ccc(-c2ccc(C=CC(=O)O)cc2C=CC(C)=NO)cc1C12CC3CC(CC(C3)C1)C2. The standard InChI is InChI=1S/C30H33NO4/c1-19(31-34)3-6-24-14-20(5-10-29(32)33)4-8-26(24)25-7-9-28(35-2)27(15-25)30-16-21-11-22(17-30)13-23(12-21)18-30/h3-10,14-15,21-23,34H,11-13,16-18H2,1-2H3,(H,32,33). The van der Waals surface area contributed by atoms with Gasteiger partial charge in [-0.2, -0.15) is 0 Å². The number of oxime groups is 1. The van der Waals surface area contributed by atoms with Gasteiger partial charge in [-0.1, -0.05) is 29.4 Å². The van der Waals surface area contributed by atoms with Crippen LogP contribution in [0.4, 0.5) is 0 Å². The van der Waals surface area contributed by atoms with Crippen molar-refractivity contribution >= 4 is 23.8 Å². The maximum Gasteiger partial charge on any atom is 0.328 e. The Morgan fingerprint density at radius 1 is 1.00 bits per heavy atom. The van der Waals surface area contributed by atoms with Gasteiger partial charge >= 0.3 is 5.97 Å². The molecule has 0 spiro atoms. The van der Waals surface area contributed by atoms with Crippen LogP contribution in [0, 0.1) is 17.8 Å². The smallest absolute Gasteiger partial charge is 0.328 e. The zero-order chi connectivity index (χ0) is 24.6. The first kappa shape index (κ1) is 23.4. The maximum absolute atomic E-state index is 11.0. The second-order valence-corrected chi connectivity index (χ2v) is 10.7. The van der Waals surface area contributed by atoms with E-state index < -0.39 is 5.97 Å². The van der Waals surface area contributed by atoms with E-state index in [1.807, 2.05) is 24.3 Å². The quantitative estimate of drug-likeness (QED) is 0.202. The molecule has 5 nitrogen and oxygen atoms in total. The minimum Gasteiger partial charge on any atom is -0.496 e. The number of nitrogens with zero attached hydrogens (tertiary/aromatic N) is 1. The molecule has 2 aromatic carbocycles. The topological polar surface area (TPSA) is 79.1 Å². The number of allylic oxidation sites excluding steroid dienone is 1. The van der Waals surface area contributed by atoms with Crippen molar-refractivity contribution in [1.29, 1.82) is 0 Å². The number of carboxylic acids is 1. The highest BCUT2D eigenvalue weighted by atomic mass is 16.5. The molecule has 0 amide bonds. The van der Waals surface area contributed by atoms with Crippen molar-refractivity contribution in [3.63, 3.8) is 0 Å². The molecule has 35 heavy (non-hydrogen) atoms. The number of ether oxygens (including phenoxy) is 1. The Morgan fingerprint density at radius 3 is 2.29 bits per heavy atom. The molecule has 0 unspecified atom stereocenters. The van der Waals surface area contributed by atoms with Crippen molar-refractivity contribution in [2.75, 3.05) is 7.11 Å². The van der Waals surface area contributed by atoms with Crippen molar-refractivity contribution in [2.45, 2.75) is 50.9 Å². The van der Waals surface area contributed by atoms with Crippen LogP contribution in [0.15, 0.2) is 53.7 Å². The lowest BCUT2D eigenvalue weighted by Gasteiger charge is -2.57. The molecule has 2 N–H and O–H groups in total. The first-order valence-electron chi connectivity index (χ1n) is 12.5. The van der Waals surface area contributed by atoms with Gasteiger partial charge in [0.2, 0.25) is 0 Å². The van der Waals surface area contributed by atoms with Gasteiger partial charge in [0.1, 0.15) is 5.75 Å². The third kappa shape index (κ3) is 4.64. The highest BCUT2D eigenvalue weighted by molar-refractivity contribution is 5.97. The highest BCUT2D eigenvalue weighted by Crippen LogP contribution is 2.62. The van der Waals surface area contributed by atoms with E-state index in [1.54, 1.807) is 26.2 Å². The molecule has 0 atom stereocenters. The second-order valence-electron chi connectivity index (χ2n) is 10.7. The fourth-order valence-corrected chi connectivity index (χ4v) is 7.23. The lowest BCUT2D eigenvalue weighted by Crippen LogP contribution is -2.48. The third-order valence-corrected chi connectivity index (χ3v) is 8.28. The summed E-state index contributed by atoms with van der Waals surface area (Å²) in [6.45, 7) is 1.73. The molecule has 0 saturated heterocycles. The lowest BCUT2D eigenvalue weighted by atomic mass is 9.48. The molecule has 4 fully saturated rings. The number of carbonyl (C=O) groups is 1. The Bertz CT molecular complexity index is 1190. The van der Waals surface area contributed by atoms with E-state index in [1.165, 1.54) is 44.1 Å². The van der Waals surface area contributed by atoms with Crippen LogP contribution in [0.1, 0.15) is 62.1 Å². The van der Waals surface area contributed by atoms with Crippen LogP contribution >= 0.6 is 0 Å². The summed E-state index contributed by atoms with van der Waals surface area (Å²) in [6.07, 6.45) is 14.4. The predicted octanol–water partition coefficient (Wildman–Crippen LogP) is 6.79. The van der Waals surface area contributed by atoms with Gasteiger partial charge in [-0.3, -0.25) is 0 Å². The van der Waals surface area contributed by atoms with E-state index in [0.29, 0.717) is 5.71 Å². The van der Waals surface area contributed by atoms with Gasteiger partial charge in [-0.05, 0) is 121 Å². The van der Waals surface area contributed by atoms with E-state index in [9.17, 15) is 4.79 Å². The van der Waals surface area contributed by atoms with Gasteiger partial charge in [0, 0.05) is 11.6 Å². The molecule has 6 rings (SSSR count). The minimum absolute atomic E-state index is 0.205. The third-order valence-electron chi connectivity index (χ3n) is 8.28. The molecule has 0 heterocycles. The molecule has 0 radical (unpaired) electrons. The van der Waals surface area contributed by atoms with Gasteiger partial charge in [-0.15, -0.1) is 0 Å². The average molecular weight is 472 g/mol. The van der Waals surface area contributed by atoms with E-state index in [-0.39, 0.29) is 5.41 Å². The fraction of sp³-hybridized carbons (Fsp3) is 0.400. The predicted molar refractivity (Wildman–Crippen MR) is 139 cm³/mol.